The van der Waals surface area contributed by atoms with Crippen molar-refractivity contribution >= 4 is 5.96 Å². The number of hydrogen-bond acceptors (Lipinski definition) is 4. The molecule has 0 fully saturated rings. The fourth-order valence-corrected chi connectivity index (χ4v) is 2.15. The van der Waals surface area contributed by atoms with Crippen LogP contribution in [0.25, 0.3) is 0 Å². The van der Waals surface area contributed by atoms with Gasteiger partial charge >= 0.3 is 0 Å². The molecule has 0 aromatic heterocycles. The van der Waals surface area contributed by atoms with E-state index in [0.717, 1.165) is 57.5 Å². The number of guanidine groups is 1. The SMILES string of the molecule is CCNC(=NCCN(C)CCOC)NCCc1ccc(OC)cc1. The third-order valence-electron chi connectivity index (χ3n) is 3.64. The van der Waals surface area contributed by atoms with Crippen LogP contribution < -0.4 is 15.4 Å². The summed E-state index contributed by atoms with van der Waals surface area (Å²) < 4.78 is 10.3. The van der Waals surface area contributed by atoms with Crippen molar-refractivity contribution in [2.24, 2.45) is 4.99 Å². The molecule has 136 valence electrons. The van der Waals surface area contributed by atoms with E-state index in [-0.39, 0.29) is 0 Å². The molecule has 6 nitrogen and oxygen atoms in total. The molecule has 0 atom stereocenters. The molecule has 0 bridgehead atoms. The van der Waals surface area contributed by atoms with Gasteiger partial charge in [0.05, 0.1) is 20.3 Å². The van der Waals surface area contributed by atoms with Crippen LogP contribution in [0.4, 0.5) is 0 Å². The third kappa shape index (κ3) is 8.74. The summed E-state index contributed by atoms with van der Waals surface area (Å²) in [6, 6.07) is 8.17. The molecule has 0 unspecified atom stereocenters. The molecule has 0 radical (unpaired) electrons. The zero-order valence-corrected chi connectivity index (χ0v) is 15.5. The molecule has 0 amide bonds. The summed E-state index contributed by atoms with van der Waals surface area (Å²) in [5.74, 6) is 1.75. The molecule has 1 aromatic rings. The molecule has 0 saturated heterocycles. The van der Waals surface area contributed by atoms with Crippen LogP contribution in [0.2, 0.25) is 0 Å². The zero-order chi connectivity index (χ0) is 17.6. The van der Waals surface area contributed by atoms with Crippen LogP contribution in [-0.2, 0) is 11.2 Å². The summed E-state index contributed by atoms with van der Waals surface area (Å²) in [5.41, 5.74) is 1.28. The maximum absolute atomic E-state index is 5.18. The van der Waals surface area contributed by atoms with Crippen molar-refractivity contribution in [2.45, 2.75) is 13.3 Å². The van der Waals surface area contributed by atoms with E-state index < -0.39 is 0 Å². The van der Waals surface area contributed by atoms with Crippen molar-refractivity contribution in [3.63, 3.8) is 0 Å². The van der Waals surface area contributed by atoms with Crippen molar-refractivity contribution in [2.75, 3.05) is 60.6 Å². The van der Waals surface area contributed by atoms with Crippen LogP contribution in [0, 0.1) is 0 Å². The second-order valence-corrected chi connectivity index (χ2v) is 5.58. The Hall–Kier alpha value is -1.79. The summed E-state index contributed by atoms with van der Waals surface area (Å²) >= 11 is 0. The first kappa shape index (κ1) is 20.3. The largest absolute Gasteiger partial charge is 0.497 e. The zero-order valence-electron chi connectivity index (χ0n) is 15.5. The van der Waals surface area contributed by atoms with E-state index in [4.69, 9.17) is 9.47 Å². The van der Waals surface area contributed by atoms with Crippen molar-refractivity contribution < 1.29 is 9.47 Å². The average Bonchev–Trinajstić information content (AvgIpc) is 2.60. The van der Waals surface area contributed by atoms with Gasteiger partial charge in [0.2, 0.25) is 0 Å². The van der Waals surface area contributed by atoms with Crippen LogP contribution in [-0.4, -0.2) is 71.5 Å². The molecule has 6 heteroatoms. The predicted molar refractivity (Wildman–Crippen MR) is 100 cm³/mol. The molecule has 0 aliphatic rings. The summed E-state index contributed by atoms with van der Waals surface area (Å²) in [7, 11) is 5.49. The lowest BCUT2D eigenvalue weighted by Gasteiger charge is -2.15. The van der Waals surface area contributed by atoms with E-state index in [9.17, 15) is 0 Å². The van der Waals surface area contributed by atoms with Crippen LogP contribution in [0.3, 0.4) is 0 Å². The molecular formula is C18H32N4O2. The minimum Gasteiger partial charge on any atom is -0.497 e. The fourth-order valence-electron chi connectivity index (χ4n) is 2.15. The van der Waals surface area contributed by atoms with E-state index in [1.54, 1.807) is 14.2 Å². The highest BCUT2D eigenvalue weighted by Crippen LogP contribution is 2.11. The Morgan fingerprint density at radius 2 is 1.88 bits per heavy atom. The average molecular weight is 336 g/mol. The Bertz CT molecular complexity index is 463. The molecule has 0 aliphatic heterocycles. The van der Waals surface area contributed by atoms with Gasteiger partial charge in [0.1, 0.15) is 5.75 Å². The van der Waals surface area contributed by atoms with Gasteiger partial charge in [-0.1, -0.05) is 12.1 Å². The number of hydrogen-bond donors (Lipinski definition) is 2. The van der Waals surface area contributed by atoms with Gasteiger partial charge in [-0.25, -0.2) is 0 Å². The monoisotopic (exact) mass is 336 g/mol. The molecule has 2 N–H and O–H groups in total. The minimum atomic E-state index is 0.750. The topological polar surface area (TPSA) is 58.1 Å². The summed E-state index contributed by atoms with van der Waals surface area (Å²) in [6.07, 6.45) is 0.947. The van der Waals surface area contributed by atoms with E-state index in [1.807, 2.05) is 12.1 Å². The smallest absolute Gasteiger partial charge is 0.191 e. The Morgan fingerprint density at radius 1 is 1.12 bits per heavy atom. The molecule has 0 spiro atoms. The van der Waals surface area contributed by atoms with Crippen LogP contribution in [0.1, 0.15) is 12.5 Å². The fraction of sp³-hybridized carbons (Fsp3) is 0.611. The van der Waals surface area contributed by atoms with Gasteiger partial charge in [-0.05, 0) is 38.1 Å². The van der Waals surface area contributed by atoms with Crippen LogP contribution in [0.5, 0.6) is 5.75 Å². The maximum atomic E-state index is 5.18. The molecule has 0 saturated carbocycles. The first-order chi connectivity index (χ1) is 11.7. The standard InChI is InChI=1S/C18H32N4O2/c1-5-19-18(21-12-13-22(2)14-15-23-3)20-11-10-16-6-8-17(24-4)9-7-16/h6-9H,5,10-15H2,1-4H3,(H2,19,20,21). The Kier molecular flexibility index (Phi) is 10.6. The molecular weight excluding hydrogens is 304 g/mol. The Morgan fingerprint density at radius 3 is 2.50 bits per heavy atom. The second-order valence-electron chi connectivity index (χ2n) is 5.58. The van der Waals surface area contributed by atoms with Gasteiger partial charge in [0.15, 0.2) is 5.96 Å². The lowest BCUT2D eigenvalue weighted by atomic mass is 10.1. The Labute approximate surface area is 146 Å². The number of rotatable bonds is 11. The number of nitrogens with zero attached hydrogens (tertiary/aromatic N) is 2. The summed E-state index contributed by atoms with van der Waals surface area (Å²) in [4.78, 5) is 6.83. The first-order valence-electron chi connectivity index (χ1n) is 8.52. The van der Waals surface area contributed by atoms with Crippen molar-refractivity contribution in [3.05, 3.63) is 29.8 Å². The highest BCUT2D eigenvalue weighted by atomic mass is 16.5. The number of aliphatic imine (C=N–C) groups is 1. The van der Waals surface area contributed by atoms with Gasteiger partial charge in [-0.3, -0.25) is 4.99 Å². The predicted octanol–water partition coefficient (Wildman–Crippen LogP) is 1.37. The van der Waals surface area contributed by atoms with E-state index in [2.05, 4.69) is 46.6 Å². The second kappa shape index (κ2) is 12.6. The van der Waals surface area contributed by atoms with E-state index >= 15 is 0 Å². The number of ether oxygens (including phenoxy) is 2. The van der Waals surface area contributed by atoms with Gasteiger partial charge in [0, 0.05) is 33.3 Å². The van der Waals surface area contributed by atoms with Crippen molar-refractivity contribution in [3.8, 4) is 5.75 Å². The molecule has 0 aliphatic carbocycles. The van der Waals surface area contributed by atoms with Gasteiger partial charge in [-0.15, -0.1) is 0 Å². The molecule has 24 heavy (non-hydrogen) atoms. The molecule has 0 heterocycles. The van der Waals surface area contributed by atoms with Gasteiger partial charge < -0.3 is 25.0 Å². The summed E-state index contributed by atoms with van der Waals surface area (Å²) in [5, 5.41) is 6.66. The van der Waals surface area contributed by atoms with Crippen molar-refractivity contribution in [1.29, 1.82) is 0 Å². The summed E-state index contributed by atoms with van der Waals surface area (Å²) in [6.45, 7) is 7.13. The lowest BCUT2D eigenvalue weighted by Crippen LogP contribution is -2.39. The van der Waals surface area contributed by atoms with E-state index in [0.29, 0.717) is 0 Å². The normalized spacial score (nSPS) is 11.6. The Balaban J connectivity index is 2.34. The van der Waals surface area contributed by atoms with E-state index in [1.165, 1.54) is 5.56 Å². The number of nitrogens with one attached hydrogen (secondary N) is 2. The van der Waals surface area contributed by atoms with Gasteiger partial charge in [0.25, 0.3) is 0 Å². The number of likely N-dealkylation sites (N-methyl/N-ethyl adjacent to an activating group) is 1. The maximum Gasteiger partial charge on any atom is 0.191 e. The van der Waals surface area contributed by atoms with Crippen molar-refractivity contribution in [1.82, 2.24) is 15.5 Å². The minimum absolute atomic E-state index is 0.750. The number of benzene rings is 1. The van der Waals surface area contributed by atoms with Crippen LogP contribution >= 0.6 is 0 Å². The number of methoxy groups -OCH3 is 2. The first-order valence-corrected chi connectivity index (χ1v) is 8.52. The third-order valence-corrected chi connectivity index (χ3v) is 3.64. The van der Waals surface area contributed by atoms with Crippen LogP contribution in [0.15, 0.2) is 29.3 Å². The molecule has 1 aromatic carbocycles. The van der Waals surface area contributed by atoms with Gasteiger partial charge in [-0.2, -0.15) is 0 Å². The quantitative estimate of drug-likeness (QED) is 0.472. The molecule has 1 rings (SSSR count). The lowest BCUT2D eigenvalue weighted by molar-refractivity contribution is 0.163. The highest BCUT2D eigenvalue weighted by molar-refractivity contribution is 5.79. The highest BCUT2D eigenvalue weighted by Gasteiger charge is 2.00.